The minimum absolute atomic E-state index is 0.219. The first-order chi connectivity index (χ1) is 4.74. The van der Waals surface area contributed by atoms with Gasteiger partial charge in [0.2, 0.25) is 0 Å². The van der Waals surface area contributed by atoms with Gasteiger partial charge in [0.15, 0.2) is 0 Å². The van der Waals surface area contributed by atoms with E-state index in [1.807, 2.05) is 13.0 Å². The third-order valence-corrected chi connectivity index (χ3v) is 3.13. The van der Waals surface area contributed by atoms with Crippen LogP contribution in [0.4, 0.5) is 0 Å². The summed E-state index contributed by atoms with van der Waals surface area (Å²) in [5, 5.41) is 0. The third kappa shape index (κ3) is 1.81. The normalized spacial score (nSPS) is 13.5. The molecule has 0 aliphatic rings. The number of rotatable bonds is 2. The van der Waals surface area contributed by atoms with Crippen molar-refractivity contribution in [1.82, 2.24) is 0 Å². The summed E-state index contributed by atoms with van der Waals surface area (Å²) in [7, 11) is 1.72. The fourth-order valence-electron chi connectivity index (χ4n) is 0.663. The Hall–Kier alpha value is 0.140. The second-order valence-corrected chi connectivity index (χ2v) is 4.51. The summed E-state index contributed by atoms with van der Waals surface area (Å²) in [6.07, 6.45) is 0.219. The van der Waals surface area contributed by atoms with Gasteiger partial charge in [-0.3, -0.25) is 0 Å². The molecule has 0 spiro atoms. The Bertz CT molecular complexity index is 209. The summed E-state index contributed by atoms with van der Waals surface area (Å²) in [5.41, 5.74) is 0. The van der Waals surface area contributed by atoms with E-state index in [1.165, 1.54) is 4.88 Å². The molecule has 0 aromatic carbocycles. The largest absolute Gasteiger partial charge is 0.376 e. The van der Waals surface area contributed by atoms with Gasteiger partial charge in [0.1, 0.15) is 0 Å². The molecule has 0 bridgehead atoms. The van der Waals surface area contributed by atoms with Crippen molar-refractivity contribution in [2.75, 3.05) is 7.11 Å². The minimum atomic E-state index is 0.219. The van der Waals surface area contributed by atoms with Crippen LogP contribution in [0, 0.1) is 0 Å². The van der Waals surface area contributed by atoms with Crippen molar-refractivity contribution in [3.63, 3.8) is 0 Å². The van der Waals surface area contributed by atoms with Gasteiger partial charge in [-0.2, -0.15) is 0 Å². The fourth-order valence-corrected chi connectivity index (χ4v) is 2.12. The molecular formula is C7H9BrOS. The van der Waals surface area contributed by atoms with Crippen LogP contribution in [-0.4, -0.2) is 7.11 Å². The zero-order chi connectivity index (χ0) is 7.56. The highest BCUT2D eigenvalue weighted by atomic mass is 79.9. The molecule has 1 nitrogen and oxygen atoms in total. The second kappa shape index (κ2) is 3.51. The van der Waals surface area contributed by atoms with Gasteiger partial charge in [0.05, 0.1) is 9.89 Å². The van der Waals surface area contributed by atoms with Crippen LogP contribution < -0.4 is 0 Å². The maximum Gasteiger partial charge on any atom is 0.0885 e. The third-order valence-electron chi connectivity index (χ3n) is 1.35. The second-order valence-electron chi connectivity index (χ2n) is 2.02. The SMILES string of the molecule is COC(C)c1ccc(Br)s1. The molecule has 0 saturated carbocycles. The Morgan fingerprint density at radius 2 is 2.30 bits per heavy atom. The number of halogens is 1. The quantitative estimate of drug-likeness (QED) is 0.744. The Balaban J connectivity index is 2.74. The molecule has 0 aliphatic heterocycles. The van der Waals surface area contributed by atoms with Crippen LogP contribution in [0.5, 0.6) is 0 Å². The minimum Gasteiger partial charge on any atom is -0.376 e. The lowest BCUT2D eigenvalue weighted by Gasteiger charge is -2.04. The first-order valence-corrected chi connectivity index (χ1v) is 4.63. The van der Waals surface area contributed by atoms with Gasteiger partial charge >= 0.3 is 0 Å². The molecule has 1 aromatic rings. The molecule has 0 fully saturated rings. The van der Waals surface area contributed by atoms with E-state index >= 15 is 0 Å². The molecule has 56 valence electrons. The number of hydrogen-bond acceptors (Lipinski definition) is 2. The molecule has 1 atom stereocenters. The van der Waals surface area contributed by atoms with Crippen LogP contribution in [0.1, 0.15) is 17.9 Å². The number of methoxy groups -OCH3 is 1. The zero-order valence-corrected chi connectivity index (χ0v) is 8.33. The smallest absolute Gasteiger partial charge is 0.0885 e. The summed E-state index contributed by atoms with van der Waals surface area (Å²) in [5.74, 6) is 0. The van der Waals surface area contributed by atoms with E-state index < -0.39 is 0 Å². The molecular weight excluding hydrogens is 212 g/mol. The molecule has 0 amide bonds. The first kappa shape index (κ1) is 8.24. The maximum absolute atomic E-state index is 5.14. The summed E-state index contributed by atoms with van der Waals surface area (Å²) in [6, 6.07) is 4.11. The van der Waals surface area contributed by atoms with Crippen molar-refractivity contribution in [1.29, 1.82) is 0 Å². The van der Waals surface area contributed by atoms with E-state index in [1.54, 1.807) is 18.4 Å². The molecule has 10 heavy (non-hydrogen) atoms. The average molecular weight is 221 g/mol. The predicted molar refractivity (Wildman–Crippen MR) is 47.4 cm³/mol. The molecule has 1 aromatic heterocycles. The summed E-state index contributed by atoms with van der Waals surface area (Å²) >= 11 is 5.10. The Morgan fingerprint density at radius 3 is 2.70 bits per heavy atom. The highest BCUT2D eigenvalue weighted by Gasteiger charge is 2.04. The summed E-state index contributed by atoms with van der Waals surface area (Å²) in [4.78, 5) is 1.26. The van der Waals surface area contributed by atoms with Crippen molar-refractivity contribution >= 4 is 27.3 Å². The molecule has 1 rings (SSSR count). The maximum atomic E-state index is 5.14. The van der Waals surface area contributed by atoms with Gasteiger partial charge < -0.3 is 4.74 Å². The van der Waals surface area contributed by atoms with Gasteiger partial charge in [-0.05, 0) is 35.0 Å². The standard InChI is InChI=1S/C7H9BrOS/c1-5(9-2)6-3-4-7(8)10-6/h3-5H,1-2H3. The van der Waals surface area contributed by atoms with Gasteiger partial charge in [-0.25, -0.2) is 0 Å². The first-order valence-electron chi connectivity index (χ1n) is 3.02. The Morgan fingerprint density at radius 1 is 1.60 bits per heavy atom. The van der Waals surface area contributed by atoms with Crippen LogP contribution in [0.3, 0.4) is 0 Å². The summed E-state index contributed by atoms with van der Waals surface area (Å²) in [6.45, 7) is 2.04. The van der Waals surface area contributed by atoms with E-state index in [0.29, 0.717) is 0 Å². The number of ether oxygens (including phenoxy) is 1. The van der Waals surface area contributed by atoms with Gasteiger partial charge in [-0.1, -0.05) is 0 Å². The van der Waals surface area contributed by atoms with Gasteiger partial charge in [0.25, 0.3) is 0 Å². The van der Waals surface area contributed by atoms with Gasteiger partial charge in [0, 0.05) is 12.0 Å². The van der Waals surface area contributed by atoms with Crippen LogP contribution >= 0.6 is 27.3 Å². The van der Waals surface area contributed by atoms with E-state index in [0.717, 1.165) is 3.79 Å². The van der Waals surface area contributed by atoms with Crippen molar-refractivity contribution in [2.24, 2.45) is 0 Å². The monoisotopic (exact) mass is 220 g/mol. The molecule has 1 unspecified atom stereocenters. The van der Waals surface area contributed by atoms with Crippen LogP contribution in [0.15, 0.2) is 15.9 Å². The lowest BCUT2D eigenvalue weighted by Crippen LogP contribution is -1.90. The van der Waals surface area contributed by atoms with Crippen molar-refractivity contribution < 1.29 is 4.74 Å². The van der Waals surface area contributed by atoms with Gasteiger partial charge in [-0.15, -0.1) is 11.3 Å². The fraction of sp³-hybridized carbons (Fsp3) is 0.429. The van der Waals surface area contributed by atoms with E-state index in [-0.39, 0.29) is 6.10 Å². The lowest BCUT2D eigenvalue weighted by atomic mass is 10.3. The molecule has 0 N–H and O–H groups in total. The summed E-state index contributed by atoms with van der Waals surface area (Å²) < 4.78 is 6.30. The molecule has 0 saturated heterocycles. The molecule has 0 radical (unpaired) electrons. The van der Waals surface area contributed by atoms with E-state index in [2.05, 4.69) is 22.0 Å². The van der Waals surface area contributed by atoms with Crippen molar-refractivity contribution in [3.05, 3.63) is 20.8 Å². The highest BCUT2D eigenvalue weighted by molar-refractivity contribution is 9.11. The predicted octanol–water partition coefficient (Wildman–Crippen LogP) is 3.22. The molecule has 1 heterocycles. The topological polar surface area (TPSA) is 9.23 Å². The number of hydrogen-bond donors (Lipinski definition) is 0. The molecule has 3 heteroatoms. The lowest BCUT2D eigenvalue weighted by molar-refractivity contribution is 0.122. The zero-order valence-electron chi connectivity index (χ0n) is 5.93. The van der Waals surface area contributed by atoms with E-state index in [4.69, 9.17) is 4.74 Å². The Kier molecular flexibility index (Phi) is 2.89. The van der Waals surface area contributed by atoms with Crippen LogP contribution in [-0.2, 0) is 4.74 Å². The molecule has 0 aliphatic carbocycles. The van der Waals surface area contributed by atoms with E-state index in [9.17, 15) is 0 Å². The van der Waals surface area contributed by atoms with Crippen molar-refractivity contribution in [2.45, 2.75) is 13.0 Å². The number of thiophene rings is 1. The average Bonchev–Trinajstić information content (AvgIpc) is 2.34. The highest BCUT2D eigenvalue weighted by Crippen LogP contribution is 2.28. The van der Waals surface area contributed by atoms with Crippen molar-refractivity contribution in [3.8, 4) is 0 Å². The van der Waals surface area contributed by atoms with Crippen LogP contribution in [0.25, 0.3) is 0 Å². The Labute approximate surface area is 73.1 Å². The van der Waals surface area contributed by atoms with Crippen LogP contribution in [0.2, 0.25) is 0 Å².